The highest BCUT2D eigenvalue weighted by atomic mass is 32.1. The Morgan fingerprint density at radius 2 is 2.22 bits per heavy atom. The summed E-state index contributed by atoms with van der Waals surface area (Å²) in [6.45, 7) is 2.53. The summed E-state index contributed by atoms with van der Waals surface area (Å²) in [6, 6.07) is 8.75. The third-order valence-electron chi connectivity index (χ3n) is 3.22. The van der Waals surface area contributed by atoms with E-state index in [1.54, 1.807) is 11.3 Å². The van der Waals surface area contributed by atoms with Gasteiger partial charge in [-0.25, -0.2) is 4.98 Å². The lowest BCUT2D eigenvalue weighted by atomic mass is 10.0. The first-order valence-electron chi connectivity index (χ1n) is 6.43. The van der Waals surface area contributed by atoms with E-state index in [9.17, 15) is 5.11 Å². The molecule has 0 saturated heterocycles. The van der Waals surface area contributed by atoms with Gasteiger partial charge in [-0.1, -0.05) is 12.1 Å². The molecule has 2 aromatic rings. The predicted octanol–water partition coefficient (Wildman–Crippen LogP) is 2.34. The van der Waals surface area contributed by atoms with Gasteiger partial charge >= 0.3 is 0 Å². The van der Waals surface area contributed by atoms with E-state index < -0.39 is 5.60 Å². The van der Waals surface area contributed by atoms with Crippen molar-refractivity contribution in [3.8, 4) is 0 Å². The zero-order valence-electron chi connectivity index (χ0n) is 10.5. The molecule has 4 heteroatoms. The Morgan fingerprint density at radius 1 is 1.44 bits per heavy atom. The average molecular weight is 262 g/mol. The van der Waals surface area contributed by atoms with Crippen LogP contribution in [0.5, 0.6) is 0 Å². The zero-order chi connectivity index (χ0) is 12.6. The molecule has 0 aliphatic heterocycles. The van der Waals surface area contributed by atoms with E-state index in [4.69, 9.17) is 0 Å². The molecule has 1 aliphatic rings. The number of nitrogens with zero attached hydrogens (tertiary/aromatic N) is 1. The van der Waals surface area contributed by atoms with Crippen LogP contribution in [0.4, 0.5) is 0 Å². The van der Waals surface area contributed by atoms with Crippen molar-refractivity contribution in [1.82, 2.24) is 10.3 Å². The standard InChI is InChI=1S/C14H18N2OS/c1-14(17,9-15-10-6-7-10)8-13-16-11-4-2-3-5-12(11)18-13/h2-5,10,15,17H,6-9H2,1H3. The van der Waals surface area contributed by atoms with Crippen LogP contribution in [0.1, 0.15) is 24.8 Å². The first-order valence-corrected chi connectivity index (χ1v) is 7.24. The van der Waals surface area contributed by atoms with E-state index in [1.807, 2.05) is 25.1 Å². The Balaban J connectivity index is 1.69. The van der Waals surface area contributed by atoms with Crippen molar-refractivity contribution < 1.29 is 5.11 Å². The van der Waals surface area contributed by atoms with Crippen molar-refractivity contribution in [2.75, 3.05) is 6.54 Å². The molecule has 1 aromatic carbocycles. The number of hydrogen-bond acceptors (Lipinski definition) is 4. The summed E-state index contributed by atoms with van der Waals surface area (Å²) >= 11 is 1.68. The molecule has 1 fully saturated rings. The number of nitrogens with one attached hydrogen (secondary N) is 1. The molecular weight excluding hydrogens is 244 g/mol. The van der Waals surface area contributed by atoms with Gasteiger partial charge < -0.3 is 10.4 Å². The van der Waals surface area contributed by atoms with E-state index >= 15 is 0 Å². The minimum atomic E-state index is -0.712. The van der Waals surface area contributed by atoms with Gasteiger partial charge in [-0.3, -0.25) is 0 Å². The lowest BCUT2D eigenvalue weighted by Gasteiger charge is -2.22. The normalized spacial score (nSPS) is 19.0. The minimum Gasteiger partial charge on any atom is -0.388 e. The van der Waals surface area contributed by atoms with E-state index in [2.05, 4.69) is 16.4 Å². The minimum absolute atomic E-state index is 0.617. The van der Waals surface area contributed by atoms with Crippen LogP contribution < -0.4 is 5.32 Å². The molecule has 3 nitrogen and oxygen atoms in total. The molecule has 0 amide bonds. The number of rotatable bonds is 5. The van der Waals surface area contributed by atoms with Crippen molar-refractivity contribution in [3.63, 3.8) is 0 Å². The Kier molecular flexibility index (Phi) is 3.09. The maximum atomic E-state index is 10.4. The molecular formula is C14H18N2OS. The van der Waals surface area contributed by atoms with Gasteiger partial charge in [0.1, 0.15) is 0 Å². The summed E-state index contributed by atoms with van der Waals surface area (Å²) in [5.41, 5.74) is 0.319. The van der Waals surface area contributed by atoms with Crippen molar-refractivity contribution in [1.29, 1.82) is 0 Å². The van der Waals surface area contributed by atoms with Gasteiger partial charge in [-0.05, 0) is 31.9 Å². The van der Waals surface area contributed by atoms with E-state index in [-0.39, 0.29) is 0 Å². The van der Waals surface area contributed by atoms with Gasteiger partial charge in [0.25, 0.3) is 0 Å². The summed E-state index contributed by atoms with van der Waals surface area (Å²) in [5, 5.41) is 14.8. The van der Waals surface area contributed by atoms with Crippen LogP contribution in [-0.2, 0) is 6.42 Å². The number of fused-ring (bicyclic) bond motifs is 1. The van der Waals surface area contributed by atoms with Crippen molar-refractivity contribution in [2.24, 2.45) is 0 Å². The Morgan fingerprint density at radius 3 is 2.94 bits per heavy atom. The fraction of sp³-hybridized carbons (Fsp3) is 0.500. The van der Waals surface area contributed by atoms with Gasteiger partial charge in [0.2, 0.25) is 0 Å². The summed E-state index contributed by atoms with van der Waals surface area (Å²) in [7, 11) is 0. The molecule has 96 valence electrons. The van der Waals surface area contributed by atoms with Crippen LogP contribution in [0.15, 0.2) is 24.3 Å². The third-order valence-corrected chi connectivity index (χ3v) is 4.26. The molecule has 1 saturated carbocycles. The summed E-state index contributed by atoms with van der Waals surface area (Å²) in [4.78, 5) is 4.57. The average Bonchev–Trinajstić information content (AvgIpc) is 3.06. The quantitative estimate of drug-likeness (QED) is 0.869. The highest BCUT2D eigenvalue weighted by Crippen LogP contribution is 2.25. The molecule has 0 bridgehead atoms. The van der Waals surface area contributed by atoms with Crippen LogP contribution in [0.2, 0.25) is 0 Å². The largest absolute Gasteiger partial charge is 0.388 e. The number of hydrogen-bond donors (Lipinski definition) is 2. The van der Waals surface area contributed by atoms with Crippen molar-refractivity contribution in [3.05, 3.63) is 29.3 Å². The maximum Gasteiger partial charge on any atom is 0.0967 e. The molecule has 1 unspecified atom stereocenters. The molecule has 0 radical (unpaired) electrons. The first kappa shape index (κ1) is 12.1. The zero-order valence-corrected chi connectivity index (χ0v) is 11.3. The maximum absolute atomic E-state index is 10.4. The molecule has 2 N–H and O–H groups in total. The topological polar surface area (TPSA) is 45.1 Å². The second-order valence-electron chi connectivity index (χ2n) is 5.40. The Hall–Kier alpha value is -0.970. The number of aliphatic hydroxyl groups is 1. The first-order chi connectivity index (χ1) is 8.62. The fourth-order valence-electron chi connectivity index (χ4n) is 2.04. The SMILES string of the molecule is CC(O)(CNC1CC1)Cc1nc2ccccc2s1. The van der Waals surface area contributed by atoms with Gasteiger partial charge in [0.05, 0.1) is 20.8 Å². The summed E-state index contributed by atoms with van der Waals surface area (Å²) < 4.78 is 1.19. The van der Waals surface area contributed by atoms with E-state index in [1.165, 1.54) is 17.5 Å². The molecule has 1 atom stereocenters. The number of aromatic nitrogens is 1. The van der Waals surface area contributed by atoms with Crippen LogP contribution >= 0.6 is 11.3 Å². The summed E-state index contributed by atoms with van der Waals surface area (Å²) in [6.07, 6.45) is 3.11. The predicted molar refractivity (Wildman–Crippen MR) is 75.0 cm³/mol. The molecule has 3 rings (SSSR count). The molecule has 0 spiro atoms. The van der Waals surface area contributed by atoms with Gasteiger partial charge in [-0.2, -0.15) is 0 Å². The van der Waals surface area contributed by atoms with Crippen LogP contribution in [0.25, 0.3) is 10.2 Å². The van der Waals surface area contributed by atoms with Crippen LogP contribution in [0, 0.1) is 0 Å². The number of benzene rings is 1. The lowest BCUT2D eigenvalue weighted by molar-refractivity contribution is 0.0597. The Labute approximate surface area is 111 Å². The van der Waals surface area contributed by atoms with E-state index in [0.29, 0.717) is 19.0 Å². The lowest BCUT2D eigenvalue weighted by Crippen LogP contribution is -2.40. The molecule has 1 aromatic heterocycles. The fourth-order valence-corrected chi connectivity index (χ4v) is 3.18. The third kappa shape index (κ3) is 2.88. The highest BCUT2D eigenvalue weighted by molar-refractivity contribution is 7.18. The van der Waals surface area contributed by atoms with E-state index in [0.717, 1.165) is 10.5 Å². The molecule has 1 heterocycles. The van der Waals surface area contributed by atoms with Crippen molar-refractivity contribution >= 4 is 21.6 Å². The molecule has 1 aliphatic carbocycles. The van der Waals surface area contributed by atoms with Gasteiger partial charge in [0.15, 0.2) is 0 Å². The monoisotopic (exact) mass is 262 g/mol. The second-order valence-corrected chi connectivity index (χ2v) is 6.52. The number of para-hydroxylation sites is 1. The second kappa shape index (κ2) is 4.61. The molecule has 18 heavy (non-hydrogen) atoms. The van der Waals surface area contributed by atoms with Gasteiger partial charge in [0, 0.05) is 19.0 Å². The van der Waals surface area contributed by atoms with Crippen LogP contribution in [0.3, 0.4) is 0 Å². The Bertz CT molecular complexity index is 512. The highest BCUT2D eigenvalue weighted by Gasteiger charge is 2.27. The summed E-state index contributed by atoms with van der Waals surface area (Å²) in [5.74, 6) is 0. The van der Waals surface area contributed by atoms with Crippen molar-refractivity contribution in [2.45, 2.75) is 37.8 Å². The van der Waals surface area contributed by atoms with Crippen LogP contribution in [-0.4, -0.2) is 28.3 Å². The van der Waals surface area contributed by atoms with Gasteiger partial charge in [-0.15, -0.1) is 11.3 Å². The number of thiazole rings is 1. The smallest absolute Gasteiger partial charge is 0.0967 e.